The minimum atomic E-state index is 0.275. The molecule has 17 heavy (non-hydrogen) atoms. The van der Waals surface area contributed by atoms with E-state index in [1.165, 1.54) is 0 Å². The quantitative estimate of drug-likeness (QED) is 0.805. The second kappa shape index (κ2) is 4.45. The van der Waals surface area contributed by atoms with Gasteiger partial charge in [0.1, 0.15) is 12.8 Å². The molecule has 0 bridgehead atoms. The molecule has 2 rings (SSSR count). The molecule has 2 aromatic rings. The maximum absolute atomic E-state index is 9.18. The molecule has 1 aromatic carbocycles. The third-order valence-electron chi connectivity index (χ3n) is 2.91. The van der Waals surface area contributed by atoms with E-state index in [0.29, 0.717) is 0 Å². The summed E-state index contributed by atoms with van der Waals surface area (Å²) in [5.74, 6) is 2.02. The molecule has 88 valence electrons. The molecular formula is C14H16NO2+. The van der Waals surface area contributed by atoms with Crippen LogP contribution in [0.15, 0.2) is 28.7 Å². The number of phenols is 1. The third-order valence-corrected chi connectivity index (χ3v) is 2.91. The highest BCUT2D eigenvalue weighted by Crippen LogP contribution is 2.13. The van der Waals surface area contributed by atoms with Gasteiger partial charge in [-0.1, -0.05) is 12.1 Å². The molecule has 0 saturated heterocycles. The van der Waals surface area contributed by atoms with Crippen molar-refractivity contribution >= 4 is 12.2 Å². The van der Waals surface area contributed by atoms with Crippen LogP contribution in [0.4, 0.5) is 0 Å². The van der Waals surface area contributed by atoms with Gasteiger partial charge in [0.25, 0.3) is 0 Å². The molecule has 1 heterocycles. The van der Waals surface area contributed by atoms with Crippen molar-refractivity contribution in [1.82, 2.24) is 0 Å². The molecule has 0 atom stereocenters. The van der Waals surface area contributed by atoms with Crippen LogP contribution in [0.1, 0.15) is 22.9 Å². The summed E-state index contributed by atoms with van der Waals surface area (Å²) in [5, 5.41) is 9.18. The lowest BCUT2D eigenvalue weighted by atomic mass is 10.2. The maximum Gasteiger partial charge on any atom is 0.373 e. The number of oxazole rings is 1. The fourth-order valence-corrected chi connectivity index (χ4v) is 1.60. The highest BCUT2D eigenvalue weighted by atomic mass is 16.4. The summed E-state index contributed by atoms with van der Waals surface area (Å²) in [6, 6.07) is 7.04. The average Bonchev–Trinajstić information content (AvgIpc) is 2.56. The van der Waals surface area contributed by atoms with Crippen LogP contribution in [0.5, 0.6) is 5.75 Å². The van der Waals surface area contributed by atoms with Gasteiger partial charge in [-0.15, -0.1) is 0 Å². The molecule has 3 nitrogen and oxygen atoms in total. The van der Waals surface area contributed by atoms with Crippen molar-refractivity contribution in [1.29, 1.82) is 0 Å². The topological polar surface area (TPSA) is 37.3 Å². The molecule has 0 aliphatic rings. The minimum Gasteiger partial charge on any atom is -0.508 e. The van der Waals surface area contributed by atoms with E-state index in [1.807, 2.05) is 49.7 Å². The van der Waals surface area contributed by atoms with Gasteiger partial charge in [-0.3, -0.25) is 0 Å². The molecule has 0 aliphatic carbocycles. The first kappa shape index (κ1) is 11.5. The Morgan fingerprint density at radius 3 is 2.29 bits per heavy atom. The van der Waals surface area contributed by atoms with Gasteiger partial charge in [0.05, 0.1) is 6.08 Å². The number of benzene rings is 1. The number of hydrogen-bond acceptors (Lipinski definition) is 2. The molecule has 0 radical (unpaired) electrons. The van der Waals surface area contributed by atoms with E-state index in [1.54, 1.807) is 12.1 Å². The first-order chi connectivity index (χ1) is 8.08. The Hall–Kier alpha value is -2.03. The van der Waals surface area contributed by atoms with Gasteiger partial charge in [0.15, 0.2) is 5.76 Å². The molecule has 1 aromatic heterocycles. The summed E-state index contributed by atoms with van der Waals surface area (Å²) in [5.41, 5.74) is 2.14. The number of nitrogens with zero attached hydrogens (tertiary/aromatic N) is 1. The van der Waals surface area contributed by atoms with Crippen molar-refractivity contribution in [2.24, 2.45) is 7.05 Å². The van der Waals surface area contributed by atoms with Crippen molar-refractivity contribution in [2.45, 2.75) is 13.8 Å². The van der Waals surface area contributed by atoms with Gasteiger partial charge in [-0.05, 0) is 23.8 Å². The van der Waals surface area contributed by atoms with Crippen molar-refractivity contribution in [3.8, 4) is 5.75 Å². The smallest absolute Gasteiger partial charge is 0.373 e. The predicted molar refractivity (Wildman–Crippen MR) is 66.4 cm³/mol. The minimum absolute atomic E-state index is 0.275. The van der Waals surface area contributed by atoms with Crippen LogP contribution in [0, 0.1) is 13.8 Å². The SMILES string of the molecule is Cc1oc(C=Cc2ccc(O)cc2)[n+](C)c1C. The molecule has 0 aliphatic heterocycles. The Bertz CT molecular complexity index is 550. The van der Waals surface area contributed by atoms with E-state index in [4.69, 9.17) is 4.42 Å². The van der Waals surface area contributed by atoms with E-state index < -0.39 is 0 Å². The number of phenolic OH excluding ortho intramolecular Hbond substituents is 1. The fraction of sp³-hybridized carbons (Fsp3) is 0.214. The van der Waals surface area contributed by atoms with Crippen LogP contribution < -0.4 is 4.57 Å². The summed E-state index contributed by atoms with van der Waals surface area (Å²) in [7, 11) is 1.97. The number of aryl methyl sites for hydroxylation is 1. The van der Waals surface area contributed by atoms with E-state index in [-0.39, 0.29) is 5.75 Å². The highest BCUT2D eigenvalue weighted by Gasteiger charge is 2.15. The second-order valence-electron chi connectivity index (χ2n) is 4.07. The third kappa shape index (κ3) is 2.38. The lowest BCUT2D eigenvalue weighted by Gasteiger charge is -1.92. The molecule has 0 spiro atoms. The standard InChI is InChI=1S/C14H15NO2/c1-10-11(2)17-14(15(10)3)9-6-12-4-7-13(16)8-5-12/h4-9H,1-3H3/p+1. The second-order valence-corrected chi connectivity index (χ2v) is 4.07. The maximum atomic E-state index is 9.18. The number of aromatic nitrogens is 1. The first-order valence-electron chi connectivity index (χ1n) is 5.51. The largest absolute Gasteiger partial charge is 0.508 e. The summed E-state index contributed by atoms with van der Waals surface area (Å²) in [4.78, 5) is 0. The predicted octanol–water partition coefficient (Wildman–Crippen LogP) is 2.60. The van der Waals surface area contributed by atoms with Gasteiger partial charge >= 0.3 is 5.89 Å². The summed E-state index contributed by atoms with van der Waals surface area (Å²) in [6.45, 7) is 3.98. The Balaban J connectivity index is 2.26. The van der Waals surface area contributed by atoms with E-state index >= 15 is 0 Å². The van der Waals surface area contributed by atoms with Gasteiger partial charge in [0, 0.05) is 13.8 Å². The van der Waals surface area contributed by atoms with Crippen molar-refractivity contribution in [3.63, 3.8) is 0 Å². The van der Waals surface area contributed by atoms with Crippen molar-refractivity contribution in [3.05, 3.63) is 47.2 Å². The van der Waals surface area contributed by atoms with Crippen LogP contribution >= 0.6 is 0 Å². The van der Waals surface area contributed by atoms with Gasteiger partial charge in [-0.25, -0.2) is 0 Å². The summed E-state index contributed by atoms with van der Waals surface area (Å²) in [6.07, 6.45) is 3.88. The van der Waals surface area contributed by atoms with E-state index in [0.717, 1.165) is 22.9 Å². The fourth-order valence-electron chi connectivity index (χ4n) is 1.60. The highest BCUT2D eigenvalue weighted by molar-refractivity contribution is 5.65. The monoisotopic (exact) mass is 230 g/mol. The van der Waals surface area contributed by atoms with Gasteiger partial charge in [-0.2, -0.15) is 4.57 Å². The number of rotatable bonds is 2. The zero-order valence-corrected chi connectivity index (χ0v) is 10.3. The van der Waals surface area contributed by atoms with Gasteiger partial charge < -0.3 is 9.52 Å². The number of aromatic hydroxyl groups is 1. The molecular weight excluding hydrogens is 214 g/mol. The molecule has 0 fully saturated rings. The molecule has 0 saturated carbocycles. The Kier molecular flexibility index (Phi) is 3.00. The van der Waals surface area contributed by atoms with Crippen LogP contribution in [-0.2, 0) is 7.05 Å². The zero-order valence-electron chi connectivity index (χ0n) is 10.3. The Morgan fingerprint density at radius 2 is 1.76 bits per heavy atom. The van der Waals surface area contributed by atoms with E-state index in [9.17, 15) is 5.11 Å². The van der Waals surface area contributed by atoms with E-state index in [2.05, 4.69) is 0 Å². The van der Waals surface area contributed by atoms with Crippen LogP contribution in [0.25, 0.3) is 12.2 Å². The van der Waals surface area contributed by atoms with Gasteiger partial charge in [0.2, 0.25) is 5.69 Å². The zero-order chi connectivity index (χ0) is 12.4. The van der Waals surface area contributed by atoms with Crippen LogP contribution in [0.3, 0.4) is 0 Å². The van der Waals surface area contributed by atoms with Crippen LogP contribution in [-0.4, -0.2) is 5.11 Å². The Labute approximate surface area is 101 Å². The Morgan fingerprint density at radius 1 is 1.12 bits per heavy atom. The summed E-state index contributed by atoms with van der Waals surface area (Å²) < 4.78 is 7.62. The number of hydrogen-bond donors (Lipinski definition) is 1. The lowest BCUT2D eigenvalue weighted by Crippen LogP contribution is -2.32. The molecule has 0 unspecified atom stereocenters. The van der Waals surface area contributed by atoms with Crippen molar-refractivity contribution in [2.75, 3.05) is 0 Å². The molecule has 0 amide bonds. The molecule has 3 heteroatoms. The van der Waals surface area contributed by atoms with Crippen LogP contribution in [0.2, 0.25) is 0 Å². The normalized spacial score (nSPS) is 11.2. The first-order valence-corrected chi connectivity index (χ1v) is 5.51. The lowest BCUT2D eigenvalue weighted by molar-refractivity contribution is -0.682. The summed E-state index contributed by atoms with van der Waals surface area (Å²) >= 11 is 0. The molecule has 1 N–H and O–H groups in total. The van der Waals surface area contributed by atoms with Crippen molar-refractivity contribution < 1.29 is 14.1 Å². The average molecular weight is 230 g/mol.